The molecule has 64 valence electrons. The van der Waals surface area contributed by atoms with Crippen LogP contribution >= 0.6 is 0 Å². The minimum Gasteiger partial charge on any atom is -0.376 e. The van der Waals surface area contributed by atoms with E-state index >= 15 is 0 Å². The van der Waals surface area contributed by atoms with Crippen LogP contribution in [0.5, 0.6) is 0 Å². The lowest BCUT2D eigenvalue weighted by Gasteiger charge is -2.36. The Labute approximate surface area is 69.3 Å². The van der Waals surface area contributed by atoms with Crippen molar-refractivity contribution in [3.63, 3.8) is 0 Å². The largest absolute Gasteiger partial charge is 0.376 e. The monoisotopic (exact) mass is 154 g/mol. The Hall–Kier alpha value is -0.500. The molecule has 0 saturated carbocycles. The molecule has 0 aromatic heterocycles. The Kier molecular flexibility index (Phi) is 2.55. The van der Waals surface area contributed by atoms with E-state index in [-0.39, 0.29) is 0 Å². The number of rotatable bonds is 1. The van der Waals surface area contributed by atoms with Crippen molar-refractivity contribution in [2.75, 3.05) is 14.1 Å². The van der Waals surface area contributed by atoms with Gasteiger partial charge in [-0.1, -0.05) is 5.57 Å². The van der Waals surface area contributed by atoms with Crippen LogP contribution in [0.2, 0.25) is 0 Å². The van der Waals surface area contributed by atoms with Gasteiger partial charge in [0.05, 0.1) is 0 Å². The molecule has 1 heterocycles. The highest BCUT2D eigenvalue weighted by Gasteiger charge is 2.22. The summed E-state index contributed by atoms with van der Waals surface area (Å²) in [6, 6.07) is 1.23. The molecule has 2 heteroatoms. The number of hydrogen-bond acceptors (Lipinski definition) is 2. The molecule has 1 aliphatic heterocycles. The van der Waals surface area contributed by atoms with E-state index in [4.69, 9.17) is 0 Å². The van der Waals surface area contributed by atoms with Gasteiger partial charge >= 0.3 is 0 Å². The molecule has 1 aliphatic rings. The Morgan fingerprint density at radius 3 is 2.82 bits per heavy atom. The topological polar surface area (TPSA) is 15.3 Å². The summed E-state index contributed by atoms with van der Waals surface area (Å²) < 4.78 is 0. The molecule has 0 aromatic carbocycles. The fraction of sp³-hybridized carbons (Fsp3) is 0.778. The van der Waals surface area contributed by atoms with Gasteiger partial charge in [0.2, 0.25) is 0 Å². The van der Waals surface area contributed by atoms with Crippen molar-refractivity contribution >= 4 is 0 Å². The van der Waals surface area contributed by atoms with Crippen molar-refractivity contribution in [2.24, 2.45) is 0 Å². The van der Waals surface area contributed by atoms with Gasteiger partial charge in [-0.05, 0) is 33.5 Å². The van der Waals surface area contributed by atoms with Gasteiger partial charge in [0, 0.05) is 19.1 Å². The van der Waals surface area contributed by atoms with E-state index in [2.05, 4.69) is 37.3 Å². The Bertz CT molecular complexity index is 163. The van der Waals surface area contributed by atoms with Crippen LogP contribution in [0.4, 0.5) is 0 Å². The number of nitrogens with zero attached hydrogens (tertiary/aromatic N) is 1. The van der Waals surface area contributed by atoms with E-state index in [9.17, 15) is 0 Å². The predicted octanol–water partition coefficient (Wildman–Crippen LogP) is 1.20. The summed E-state index contributed by atoms with van der Waals surface area (Å²) in [6.45, 7) is 4.44. The molecule has 0 bridgehead atoms. The van der Waals surface area contributed by atoms with Crippen molar-refractivity contribution in [3.8, 4) is 0 Å². The molecule has 0 aromatic rings. The zero-order valence-corrected chi connectivity index (χ0v) is 7.89. The maximum atomic E-state index is 3.33. The summed E-state index contributed by atoms with van der Waals surface area (Å²) in [5.74, 6) is 0. The second-order valence-corrected chi connectivity index (χ2v) is 3.48. The van der Waals surface area contributed by atoms with E-state index in [0.29, 0.717) is 12.1 Å². The first-order valence-corrected chi connectivity index (χ1v) is 4.21. The summed E-state index contributed by atoms with van der Waals surface area (Å²) in [6.07, 6.45) is 3.42. The Morgan fingerprint density at radius 1 is 1.64 bits per heavy atom. The van der Waals surface area contributed by atoms with Gasteiger partial charge in [-0.15, -0.1) is 0 Å². The molecular weight excluding hydrogens is 136 g/mol. The summed E-state index contributed by atoms with van der Waals surface area (Å²) in [5, 5.41) is 3.33. The van der Waals surface area contributed by atoms with Crippen molar-refractivity contribution in [1.82, 2.24) is 10.2 Å². The van der Waals surface area contributed by atoms with E-state index < -0.39 is 0 Å². The van der Waals surface area contributed by atoms with Crippen LogP contribution < -0.4 is 5.32 Å². The van der Waals surface area contributed by atoms with Gasteiger partial charge in [0.25, 0.3) is 0 Å². The third-order valence-corrected chi connectivity index (χ3v) is 2.56. The number of likely N-dealkylation sites (N-methyl/N-ethyl adjacent to an activating group) is 2. The lowest BCUT2D eigenvalue weighted by Crippen LogP contribution is -2.46. The zero-order valence-electron chi connectivity index (χ0n) is 7.89. The first-order chi connectivity index (χ1) is 5.15. The first-order valence-electron chi connectivity index (χ1n) is 4.21. The SMILES string of the molecule is CN[C@@H]1CC(C)=CN(C)[C@H]1C. The molecule has 0 aliphatic carbocycles. The van der Waals surface area contributed by atoms with Crippen LogP contribution in [0.15, 0.2) is 11.8 Å². The van der Waals surface area contributed by atoms with Crippen LogP contribution in [0, 0.1) is 0 Å². The highest BCUT2D eigenvalue weighted by atomic mass is 15.1. The molecule has 1 rings (SSSR count). The lowest BCUT2D eigenvalue weighted by atomic mass is 9.97. The third-order valence-electron chi connectivity index (χ3n) is 2.56. The molecule has 0 amide bonds. The van der Waals surface area contributed by atoms with Crippen molar-refractivity contribution in [3.05, 3.63) is 11.8 Å². The second-order valence-electron chi connectivity index (χ2n) is 3.48. The van der Waals surface area contributed by atoms with Gasteiger partial charge in [-0.3, -0.25) is 0 Å². The van der Waals surface area contributed by atoms with E-state index in [1.807, 2.05) is 7.05 Å². The van der Waals surface area contributed by atoms with Crippen LogP contribution in [0.1, 0.15) is 20.3 Å². The summed E-state index contributed by atoms with van der Waals surface area (Å²) >= 11 is 0. The minimum atomic E-state index is 0.615. The van der Waals surface area contributed by atoms with Crippen LogP contribution in [0.3, 0.4) is 0 Å². The molecule has 2 nitrogen and oxygen atoms in total. The molecule has 0 fully saturated rings. The molecule has 0 unspecified atom stereocenters. The smallest absolute Gasteiger partial charge is 0.0409 e. The van der Waals surface area contributed by atoms with E-state index in [1.54, 1.807) is 0 Å². The summed E-state index contributed by atoms with van der Waals surface area (Å²) in [7, 11) is 4.17. The van der Waals surface area contributed by atoms with Gasteiger partial charge in [0.15, 0.2) is 0 Å². The number of nitrogens with one attached hydrogen (secondary N) is 1. The molecule has 11 heavy (non-hydrogen) atoms. The van der Waals surface area contributed by atoms with Gasteiger partial charge in [-0.2, -0.15) is 0 Å². The standard InChI is InChI=1S/C9H18N2/c1-7-5-9(10-3)8(2)11(4)6-7/h6,8-10H,5H2,1-4H3/t8-,9+/m0/s1. The summed E-state index contributed by atoms with van der Waals surface area (Å²) in [5.41, 5.74) is 1.46. The van der Waals surface area contributed by atoms with Crippen LogP contribution in [0.25, 0.3) is 0 Å². The average Bonchev–Trinajstić information content (AvgIpc) is 1.96. The Balaban J connectivity index is 2.67. The van der Waals surface area contributed by atoms with Gasteiger partial charge in [-0.25, -0.2) is 0 Å². The van der Waals surface area contributed by atoms with Crippen LogP contribution in [-0.2, 0) is 0 Å². The third kappa shape index (κ3) is 1.74. The molecular formula is C9H18N2. The Morgan fingerprint density at radius 2 is 2.27 bits per heavy atom. The molecule has 2 atom stereocenters. The molecule has 0 spiro atoms. The summed E-state index contributed by atoms with van der Waals surface area (Å²) in [4.78, 5) is 2.28. The number of hydrogen-bond donors (Lipinski definition) is 1. The van der Waals surface area contributed by atoms with Crippen molar-refractivity contribution in [2.45, 2.75) is 32.4 Å². The molecule has 0 radical (unpaired) electrons. The molecule has 0 saturated heterocycles. The van der Waals surface area contributed by atoms with Crippen molar-refractivity contribution in [1.29, 1.82) is 0 Å². The second kappa shape index (κ2) is 3.26. The minimum absolute atomic E-state index is 0.615. The maximum Gasteiger partial charge on any atom is 0.0409 e. The quantitative estimate of drug-likeness (QED) is 0.610. The van der Waals surface area contributed by atoms with Crippen molar-refractivity contribution < 1.29 is 0 Å². The normalized spacial score (nSPS) is 32.0. The van der Waals surface area contributed by atoms with Crippen LogP contribution in [-0.4, -0.2) is 31.1 Å². The highest BCUT2D eigenvalue weighted by Crippen LogP contribution is 2.18. The molecule has 1 N–H and O–H groups in total. The average molecular weight is 154 g/mol. The van der Waals surface area contributed by atoms with Gasteiger partial charge < -0.3 is 10.2 Å². The fourth-order valence-electron chi connectivity index (χ4n) is 1.66. The lowest BCUT2D eigenvalue weighted by molar-refractivity contribution is 0.256. The highest BCUT2D eigenvalue weighted by molar-refractivity contribution is 5.07. The van der Waals surface area contributed by atoms with E-state index in [1.165, 1.54) is 12.0 Å². The first kappa shape index (κ1) is 8.60. The zero-order chi connectivity index (χ0) is 8.43. The van der Waals surface area contributed by atoms with E-state index in [0.717, 1.165) is 0 Å². The fourth-order valence-corrected chi connectivity index (χ4v) is 1.66. The predicted molar refractivity (Wildman–Crippen MR) is 48.4 cm³/mol. The maximum absolute atomic E-state index is 3.33. The van der Waals surface area contributed by atoms with Gasteiger partial charge in [0.1, 0.15) is 0 Å².